The first-order chi connectivity index (χ1) is 17.7. The van der Waals surface area contributed by atoms with Gasteiger partial charge in [0.1, 0.15) is 24.6 Å². The number of benzene rings is 2. The van der Waals surface area contributed by atoms with Gasteiger partial charge in [-0.25, -0.2) is 4.98 Å². The first-order valence-corrected chi connectivity index (χ1v) is 13.1. The molecule has 0 saturated carbocycles. The predicted octanol–water partition coefficient (Wildman–Crippen LogP) is 4.17. The Morgan fingerprint density at radius 1 is 1.14 bits per heavy atom. The van der Waals surface area contributed by atoms with E-state index in [1.807, 2.05) is 25.1 Å². The van der Waals surface area contributed by atoms with Gasteiger partial charge in [-0.2, -0.15) is 13.2 Å². The van der Waals surface area contributed by atoms with Gasteiger partial charge in [0.25, 0.3) is 0 Å². The first-order valence-electron chi connectivity index (χ1n) is 12.3. The number of oxime groups is 1. The van der Waals surface area contributed by atoms with E-state index in [1.165, 1.54) is 12.1 Å². The van der Waals surface area contributed by atoms with Crippen LogP contribution in [0.1, 0.15) is 22.6 Å². The largest absolute Gasteiger partial charge is 0.491 e. The standard InChI is InChI=1S/C26H29F3N4O3S/c1-17-30-24-12-19(6-7-25(24)37-17)35-16-18(34)14-32-8-10-33(11-9-32)15-20-13-23(31-36-20)21-4-2-3-5-22(21)26(27,28)29/h2-7,12,18,20,34H,8-11,13-16H2,1H3/t18-,20?/m1/s1. The topological polar surface area (TPSA) is 70.4 Å². The van der Waals surface area contributed by atoms with E-state index in [0.29, 0.717) is 31.0 Å². The highest BCUT2D eigenvalue weighted by atomic mass is 32.1. The number of ether oxygens (including phenoxy) is 1. The van der Waals surface area contributed by atoms with Crippen LogP contribution in [0.15, 0.2) is 47.6 Å². The molecule has 1 aromatic heterocycles. The Morgan fingerprint density at radius 2 is 1.89 bits per heavy atom. The molecule has 3 aromatic rings. The quantitative estimate of drug-likeness (QED) is 0.468. The maximum Gasteiger partial charge on any atom is 0.417 e. The highest BCUT2D eigenvalue weighted by molar-refractivity contribution is 7.18. The molecule has 1 fully saturated rings. The van der Waals surface area contributed by atoms with Crippen molar-refractivity contribution in [1.29, 1.82) is 0 Å². The van der Waals surface area contributed by atoms with E-state index in [4.69, 9.17) is 9.57 Å². The minimum Gasteiger partial charge on any atom is -0.491 e. The Bertz CT molecular complexity index is 1260. The zero-order chi connectivity index (χ0) is 26.0. The molecule has 2 atom stereocenters. The molecule has 37 heavy (non-hydrogen) atoms. The van der Waals surface area contributed by atoms with Crippen LogP contribution in [0, 0.1) is 6.92 Å². The van der Waals surface area contributed by atoms with Crippen LogP contribution in [0.2, 0.25) is 0 Å². The summed E-state index contributed by atoms with van der Waals surface area (Å²) < 4.78 is 47.0. The molecule has 1 unspecified atom stereocenters. The van der Waals surface area contributed by atoms with Gasteiger partial charge in [-0.1, -0.05) is 23.4 Å². The van der Waals surface area contributed by atoms with Crippen LogP contribution >= 0.6 is 11.3 Å². The zero-order valence-corrected chi connectivity index (χ0v) is 21.3. The molecular formula is C26H29F3N4O3S. The van der Waals surface area contributed by atoms with Gasteiger partial charge < -0.3 is 14.7 Å². The van der Waals surface area contributed by atoms with Crippen molar-refractivity contribution in [3.63, 3.8) is 0 Å². The zero-order valence-electron chi connectivity index (χ0n) is 20.4. The molecule has 2 aromatic carbocycles. The average Bonchev–Trinajstić information content (AvgIpc) is 3.48. The normalized spacial score (nSPS) is 20.1. The van der Waals surface area contributed by atoms with Gasteiger partial charge in [-0.15, -0.1) is 11.3 Å². The molecule has 0 amide bonds. The monoisotopic (exact) mass is 534 g/mol. The number of hydrogen-bond acceptors (Lipinski definition) is 8. The van der Waals surface area contributed by atoms with Crippen molar-refractivity contribution < 1.29 is 27.9 Å². The molecule has 198 valence electrons. The van der Waals surface area contributed by atoms with E-state index < -0.39 is 17.8 Å². The second-order valence-corrected chi connectivity index (χ2v) is 10.7. The number of aryl methyl sites for hydroxylation is 1. The number of piperazine rings is 1. The van der Waals surface area contributed by atoms with Crippen molar-refractivity contribution in [1.82, 2.24) is 14.8 Å². The second kappa shape index (κ2) is 10.9. The number of fused-ring (bicyclic) bond motifs is 1. The number of aromatic nitrogens is 1. The lowest BCUT2D eigenvalue weighted by atomic mass is 9.99. The smallest absolute Gasteiger partial charge is 0.417 e. The minimum atomic E-state index is -4.43. The summed E-state index contributed by atoms with van der Waals surface area (Å²) in [6, 6.07) is 11.3. The molecule has 2 aliphatic heterocycles. The van der Waals surface area contributed by atoms with Gasteiger partial charge in [0, 0.05) is 57.3 Å². The Hall–Kier alpha value is -2.73. The third-order valence-corrected chi connectivity index (χ3v) is 7.53. The van der Waals surface area contributed by atoms with E-state index in [-0.39, 0.29) is 18.3 Å². The third-order valence-electron chi connectivity index (χ3n) is 6.58. The lowest BCUT2D eigenvalue weighted by Gasteiger charge is -2.36. The van der Waals surface area contributed by atoms with Crippen molar-refractivity contribution in [2.75, 3.05) is 45.9 Å². The molecule has 0 radical (unpaired) electrons. The van der Waals surface area contributed by atoms with Crippen molar-refractivity contribution in [3.05, 3.63) is 58.6 Å². The Balaban J connectivity index is 1.04. The van der Waals surface area contributed by atoms with Crippen LogP contribution < -0.4 is 4.74 Å². The molecule has 0 spiro atoms. The van der Waals surface area contributed by atoms with Crippen molar-refractivity contribution >= 4 is 27.3 Å². The van der Waals surface area contributed by atoms with Gasteiger partial charge in [-0.05, 0) is 25.1 Å². The van der Waals surface area contributed by atoms with Crippen molar-refractivity contribution in [3.8, 4) is 5.75 Å². The molecule has 1 saturated heterocycles. The highest BCUT2D eigenvalue weighted by Crippen LogP contribution is 2.34. The van der Waals surface area contributed by atoms with Crippen LogP contribution in [-0.4, -0.2) is 83.7 Å². The highest BCUT2D eigenvalue weighted by Gasteiger charge is 2.36. The van der Waals surface area contributed by atoms with Crippen LogP contribution in [-0.2, 0) is 11.0 Å². The summed E-state index contributed by atoms with van der Waals surface area (Å²) >= 11 is 1.64. The molecular weight excluding hydrogens is 505 g/mol. The molecule has 0 aliphatic carbocycles. The number of hydrogen-bond donors (Lipinski definition) is 1. The maximum atomic E-state index is 13.4. The fourth-order valence-corrected chi connectivity index (χ4v) is 5.57. The molecule has 2 aliphatic rings. The molecule has 3 heterocycles. The second-order valence-electron chi connectivity index (χ2n) is 9.44. The lowest BCUT2D eigenvalue weighted by molar-refractivity contribution is -0.137. The molecule has 0 bridgehead atoms. The Labute approximate surface area is 217 Å². The molecule has 5 rings (SSSR count). The Kier molecular flexibility index (Phi) is 7.66. The predicted molar refractivity (Wildman–Crippen MR) is 136 cm³/mol. The van der Waals surface area contributed by atoms with Crippen LogP contribution in [0.25, 0.3) is 10.2 Å². The van der Waals surface area contributed by atoms with E-state index in [1.54, 1.807) is 17.4 Å². The van der Waals surface area contributed by atoms with E-state index in [0.717, 1.165) is 47.5 Å². The van der Waals surface area contributed by atoms with Crippen molar-refractivity contribution in [2.45, 2.75) is 31.7 Å². The maximum absolute atomic E-state index is 13.4. The summed E-state index contributed by atoms with van der Waals surface area (Å²) in [4.78, 5) is 14.4. The molecule has 7 nitrogen and oxygen atoms in total. The number of nitrogens with zero attached hydrogens (tertiary/aromatic N) is 4. The van der Waals surface area contributed by atoms with Gasteiger partial charge >= 0.3 is 6.18 Å². The summed E-state index contributed by atoms with van der Waals surface area (Å²) in [7, 11) is 0. The van der Waals surface area contributed by atoms with E-state index >= 15 is 0 Å². The number of aliphatic hydroxyl groups is 1. The summed E-state index contributed by atoms with van der Waals surface area (Å²) in [5.74, 6) is 0.692. The lowest BCUT2D eigenvalue weighted by Crippen LogP contribution is -2.50. The van der Waals surface area contributed by atoms with E-state index in [9.17, 15) is 18.3 Å². The van der Waals surface area contributed by atoms with Gasteiger partial charge in [0.15, 0.2) is 0 Å². The van der Waals surface area contributed by atoms with Crippen LogP contribution in [0.3, 0.4) is 0 Å². The number of halogens is 3. The summed E-state index contributed by atoms with van der Waals surface area (Å²) in [6.45, 7) is 6.38. The molecule has 1 N–H and O–H groups in total. The molecule has 11 heteroatoms. The summed E-state index contributed by atoms with van der Waals surface area (Å²) in [5, 5.41) is 15.5. The van der Waals surface area contributed by atoms with Crippen molar-refractivity contribution in [2.24, 2.45) is 5.16 Å². The van der Waals surface area contributed by atoms with Gasteiger partial charge in [0.2, 0.25) is 0 Å². The van der Waals surface area contributed by atoms with Crippen LogP contribution in [0.5, 0.6) is 5.75 Å². The minimum absolute atomic E-state index is 0.0835. The number of alkyl halides is 3. The van der Waals surface area contributed by atoms with Gasteiger partial charge in [-0.3, -0.25) is 9.80 Å². The number of thiazole rings is 1. The van der Waals surface area contributed by atoms with Crippen LogP contribution in [0.4, 0.5) is 13.2 Å². The SMILES string of the molecule is Cc1nc2cc(OC[C@H](O)CN3CCN(CC4CC(c5ccccc5C(F)(F)F)=NO4)CC3)ccc2s1. The average molecular weight is 535 g/mol. The Morgan fingerprint density at radius 3 is 2.68 bits per heavy atom. The summed E-state index contributed by atoms with van der Waals surface area (Å²) in [6.07, 6.45) is -4.99. The number of rotatable bonds is 8. The first kappa shape index (κ1) is 25.9. The fraction of sp³-hybridized carbons (Fsp3) is 0.462. The summed E-state index contributed by atoms with van der Waals surface area (Å²) in [5.41, 5.74) is 0.635. The number of β-amino-alcohol motifs (C(OH)–C–C–N with tert-alkyl or cyclic N) is 1. The third kappa shape index (κ3) is 6.40. The van der Waals surface area contributed by atoms with Gasteiger partial charge in [0.05, 0.1) is 26.5 Å². The number of aliphatic hydroxyl groups excluding tert-OH is 1. The van der Waals surface area contributed by atoms with E-state index in [2.05, 4.69) is 19.9 Å². The fourth-order valence-electron chi connectivity index (χ4n) is 4.77.